The van der Waals surface area contributed by atoms with Crippen LogP contribution in [0.4, 0.5) is 5.69 Å². The van der Waals surface area contributed by atoms with Crippen LogP contribution in [-0.4, -0.2) is 36.5 Å². The summed E-state index contributed by atoms with van der Waals surface area (Å²) >= 11 is 0. The molecule has 0 unspecified atom stereocenters. The number of unbranched alkanes of at least 4 members (excludes halogenated alkanes) is 1. The van der Waals surface area contributed by atoms with Gasteiger partial charge in [0, 0.05) is 31.2 Å². The molecule has 2 rings (SSSR count). The summed E-state index contributed by atoms with van der Waals surface area (Å²) in [5.74, 6) is 0.233. The number of amides is 1. The van der Waals surface area contributed by atoms with Crippen molar-refractivity contribution in [1.82, 2.24) is 4.90 Å². The molecule has 0 aliphatic carbocycles. The van der Waals surface area contributed by atoms with Gasteiger partial charge in [0.2, 0.25) is 5.91 Å². The highest BCUT2D eigenvalue weighted by Gasteiger charge is 2.27. The molecule has 0 bridgehead atoms. The van der Waals surface area contributed by atoms with Gasteiger partial charge in [-0.1, -0.05) is 31.2 Å². The molecule has 1 aromatic carbocycles. The van der Waals surface area contributed by atoms with Crippen molar-refractivity contribution in [1.29, 1.82) is 0 Å². The maximum absolute atomic E-state index is 12.4. The van der Waals surface area contributed by atoms with Crippen LogP contribution in [0.15, 0.2) is 43.0 Å². The smallest absolute Gasteiger partial charge is 0.226 e. The topological polar surface area (TPSA) is 23.6 Å². The third-order valence-corrected chi connectivity index (χ3v) is 4.41. The number of hydrogen-bond donors (Lipinski definition) is 0. The first kappa shape index (κ1) is 16.8. The summed E-state index contributed by atoms with van der Waals surface area (Å²) in [7, 11) is 0. The predicted octanol–water partition coefficient (Wildman–Crippen LogP) is 3.86. The molecule has 1 aliphatic rings. The molecule has 1 heterocycles. The lowest BCUT2D eigenvalue weighted by Crippen LogP contribution is -2.47. The quantitative estimate of drug-likeness (QED) is 0.564. The highest BCUT2D eigenvalue weighted by molar-refractivity contribution is 5.93. The maximum atomic E-state index is 12.4. The van der Waals surface area contributed by atoms with E-state index in [0.717, 1.165) is 44.6 Å². The van der Waals surface area contributed by atoms with Crippen LogP contribution in [0.5, 0.6) is 0 Å². The Bertz CT molecular complexity index is 464. The van der Waals surface area contributed by atoms with E-state index < -0.39 is 0 Å². The Morgan fingerprint density at radius 3 is 2.59 bits per heavy atom. The number of nitrogens with zero attached hydrogens (tertiary/aromatic N) is 2. The highest BCUT2D eigenvalue weighted by atomic mass is 16.2. The Labute approximate surface area is 134 Å². The number of likely N-dealkylation sites (tertiary alicyclic amines) is 1. The van der Waals surface area contributed by atoms with Crippen molar-refractivity contribution in [3.63, 3.8) is 0 Å². The molecule has 0 radical (unpaired) electrons. The third-order valence-electron chi connectivity index (χ3n) is 4.41. The van der Waals surface area contributed by atoms with E-state index >= 15 is 0 Å². The summed E-state index contributed by atoms with van der Waals surface area (Å²) < 4.78 is 0. The first-order valence-corrected chi connectivity index (χ1v) is 8.46. The highest BCUT2D eigenvalue weighted by Crippen LogP contribution is 2.24. The number of piperidine rings is 1. The molecule has 1 aromatic rings. The molecule has 1 amide bonds. The SMILES string of the molecule is C=CCCCN1CCC(N(C(=O)CC)c2ccccc2)CC1. The van der Waals surface area contributed by atoms with Crippen LogP contribution in [0.1, 0.15) is 39.0 Å². The summed E-state index contributed by atoms with van der Waals surface area (Å²) in [5, 5.41) is 0. The molecule has 0 saturated carbocycles. The van der Waals surface area contributed by atoms with Gasteiger partial charge >= 0.3 is 0 Å². The second-order valence-corrected chi connectivity index (χ2v) is 5.96. The summed E-state index contributed by atoms with van der Waals surface area (Å²) in [6, 6.07) is 10.4. The second kappa shape index (κ2) is 8.74. The van der Waals surface area contributed by atoms with Crippen molar-refractivity contribution in [3.8, 4) is 0 Å². The van der Waals surface area contributed by atoms with Crippen molar-refractivity contribution >= 4 is 11.6 Å². The average Bonchev–Trinajstić information content (AvgIpc) is 2.57. The molecule has 0 aromatic heterocycles. The molecule has 3 heteroatoms. The van der Waals surface area contributed by atoms with Gasteiger partial charge < -0.3 is 9.80 Å². The van der Waals surface area contributed by atoms with Gasteiger partial charge in [0.25, 0.3) is 0 Å². The van der Waals surface area contributed by atoms with E-state index in [4.69, 9.17) is 0 Å². The summed E-state index contributed by atoms with van der Waals surface area (Å²) in [6.45, 7) is 9.04. The first-order valence-electron chi connectivity index (χ1n) is 8.46. The van der Waals surface area contributed by atoms with Gasteiger partial charge in [-0.15, -0.1) is 6.58 Å². The molecule has 3 nitrogen and oxygen atoms in total. The van der Waals surface area contributed by atoms with Crippen LogP contribution in [0.25, 0.3) is 0 Å². The van der Waals surface area contributed by atoms with Crippen molar-refractivity contribution in [2.45, 2.75) is 45.1 Å². The van der Waals surface area contributed by atoms with E-state index in [9.17, 15) is 4.79 Å². The number of anilines is 1. The van der Waals surface area contributed by atoms with E-state index in [1.54, 1.807) is 0 Å². The van der Waals surface area contributed by atoms with Gasteiger partial charge in [0.05, 0.1) is 0 Å². The molecule has 1 aliphatic heterocycles. The molecule has 0 spiro atoms. The van der Waals surface area contributed by atoms with Gasteiger partial charge in [-0.25, -0.2) is 0 Å². The number of rotatable bonds is 7. The Morgan fingerprint density at radius 1 is 1.32 bits per heavy atom. The Hall–Kier alpha value is -1.61. The number of allylic oxidation sites excluding steroid dienone is 1. The largest absolute Gasteiger partial charge is 0.309 e. The van der Waals surface area contributed by atoms with Gasteiger partial charge in [0.15, 0.2) is 0 Å². The van der Waals surface area contributed by atoms with Crippen LogP contribution in [0.2, 0.25) is 0 Å². The zero-order valence-electron chi connectivity index (χ0n) is 13.7. The van der Waals surface area contributed by atoms with Crippen molar-refractivity contribution in [3.05, 3.63) is 43.0 Å². The number of para-hydroxylation sites is 1. The first-order chi connectivity index (χ1) is 10.8. The minimum Gasteiger partial charge on any atom is -0.309 e. The minimum atomic E-state index is 0.233. The van der Waals surface area contributed by atoms with E-state index in [2.05, 4.69) is 11.5 Å². The summed E-state index contributed by atoms with van der Waals surface area (Å²) in [5.41, 5.74) is 1.04. The molecule has 0 N–H and O–H groups in total. The third kappa shape index (κ3) is 4.44. The maximum Gasteiger partial charge on any atom is 0.226 e. The molecular formula is C19H28N2O. The lowest BCUT2D eigenvalue weighted by Gasteiger charge is -2.38. The average molecular weight is 300 g/mol. The van der Waals surface area contributed by atoms with Gasteiger partial charge in [0.1, 0.15) is 0 Å². The van der Waals surface area contributed by atoms with Crippen molar-refractivity contribution < 1.29 is 4.79 Å². The lowest BCUT2D eigenvalue weighted by molar-refractivity contribution is -0.119. The van der Waals surface area contributed by atoms with Crippen LogP contribution in [-0.2, 0) is 4.79 Å². The van der Waals surface area contributed by atoms with Crippen LogP contribution < -0.4 is 4.90 Å². The lowest BCUT2D eigenvalue weighted by atomic mass is 10.0. The standard InChI is InChI=1S/C19H28N2O/c1-3-5-9-14-20-15-12-18(13-16-20)21(19(22)4-2)17-10-7-6-8-11-17/h3,6-8,10-11,18H,1,4-5,9,12-16H2,2H3. The van der Waals surface area contributed by atoms with Crippen LogP contribution >= 0.6 is 0 Å². The molecule has 120 valence electrons. The van der Waals surface area contributed by atoms with Crippen LogP contribution in [0, 0.1) is 0 Å². The Morgan fingerprint density at radius 2 is 2.00 bits per heavy atom. The Balaban J connectivity index is 1.96. The number of benzene rings is 1. The number of carbonyl (C=O) groups is 1. The summed E-state index contributed by atoms with van der Waals surface area (Å²) in [6.07, 6.45) is 6.95. The minimum absolute atomic E-state index is 0.233. The molecule has 1 fully saturated rings. The predicted molar refractivity (Wildman–Crippen MR) is 93.1 cm³/mol. The van der Waals surface area contributed by atoms with Crippen molar-refractivity contribution in [2.24, 2.45) is 0 Å². The second-order valence-electron chi connectivity index (χ2n) is 5.96. The van der Waals surface area contributed by atoms with E-state index in [0.29, 0.717) is 12.5 Å². The fraction of sp³-hybridized carbons (Fsp3) is 0.526. The van der Waals surface area contributed by atoms with Gasteiger partial charge in [-0.2, -0.15) is 0 Å². The van der Waals surface area contributed by atoms with Gasteiger partial charge in [-0.05, 0) is 44.4 Å². The number of hydrogen-bond acceptors (Lipinski definition) is 2. The Kier molecular flexibility index (Phi) is 6.66. The van der Waals surface area contributed by atoms with E-state index in [1.807, 2.05) is 48.2 Å². The van der Waals surface area contributed by atoms with Crippen LogP contribution in [0.3, 0.4) is 0 Å². The fourth-order valence-electron chi connectivity index (χ4n) is 3.18. The van der Waals surface area contributed by atoms with E-state index in [-0.39, 0.29) is 5.91 Å². The molecule has 22 heavy (non-hydrogen) atoms. The zero-order valence-corrected chi connectivity index (χ0v) is 13.7. The fourth-order valence-corrected chi connectivity index (χ4v) is 3.18. The van der Waals surface area contributed by atoms with Gasteiger partial charge in [-0.3, -0.25) is 4.79 Å². The molecular weight excluding hydrogens is 272 g/mol. The monoisotopic (exact) mass is 300 g/mol. The number of carbonyl (C=O) groups excluding carboxylic acids is 1. The normalized spacial score (nSPS) is 16.4. The van der Waals surface area contributed by atoms with Crippen molar-refractivity contribution in [2.75, 3.05) is 24.5 Å². The molecule has 1 saturated heterocycles. The zero-order chi connectivity index (χ0) is 15.8. The molecule has 0 atom stereocenters. The summed E-state index contributed by atoms with van der Waals surface area (Å²) in [4.78, 5) is 16.9. The van der Waals surface area contributed by atoms with E-state index in [1.165, 1.54) is 6.42 Å².